The van der Waals surface area contributed by atoms with Crippen LogP contribution in [0, 0.1) is 5.82 Å². The maximum Gasteiger partial charge on any atom is 0.225 e. The lowest BCUT2D eigenvalue weighted by Gasteiger charge is -2.52. The Morgan fingerprint density at radius 3 is 3.00 bits per heavy atom. The lowest BCUT2D eigenvalue weighted by atomic mass is 9.75. The third-order valence-electron chi connectivity index (χ3n) is 4.55. The van der Waals surface area contributed by atoms with Gasteiger partial charge < -0.3 is 10.1 Å². The number of benzene rings is 1. The molecule has 0 radical (unpaired) electrons. The average Bonchev–Trinajstić information content (AvgIpc) is 2.44. The molecular weight excluding hydrogens is 271 g/mol. The Balaban J connectivity index is 1.51. The normalized spacial score (nSPS) is 21.0. The molecule has 2 aliphatic rings. The van der Waals surface area contributed by atoms with Crippen molar-refractivity contribution in [2.75, 3.05) is 31.6 Å². The van der Waals surface area contributed by atoms with Crippen LogP contribution in [0.2, 0.25) is 0 Å². The largest absolute Gasteiger partial charge is 0.378 e. The first-order chi connectivity index (χ1) is 10.2. The van der Waals surface area contributed by atoms with Gasteiger partial charge in [0.25, 0.3) is 0 Å². The van der Waals surface area contributed by atoms with Crippen LogP contribution in [0.4, 0.5) is 10.1 Å². The van der Waals surface area contributed by atoms with E-state index in [0.29, 0.717) is 12.1 Å². The van der Waals surface area contributed by atoms with Gasteiger partial charge >= 0.3 is 0 Å². The predicted molar refractivity (Wildman–Crippen MR) is 78.6 cm³/mol. The summed E-state index contributed by atoms with van der Waals surface area (Å²) in [4.78, 5) is 14.4. The molecule has 1 saturated heterocycles. The molecule has 1 aromatic carbocycles. The Hall–Kier alpha value is -1.46. The molecule has 4 nitrogen and oxygen atoms in total. The summed E-state index contributed by atoms with van der Waals surface area (Å²) in [5, 5.41) is 2.75. The summed E-state index contributed by atoms with van der Waals surface area (Å²) in [6.07, 6.45) is 4.00. The third-order valence-corrected chi connectivity index (χ3v) is 4.55. The second-order valence-electron chi connectivity index (χ2n) is 5.93. The molecule has 1 N–H and O–H groups in total. The molecule has 1 aliphatic carbocycles. The first-order valence-electron chi connectivity index (χ1n) is 7.56. The van der Waals surface area contributed by atoms with E-state index in [4.69, 9.17) is 4.74 Å². The molecule has 0 bridgehead atoms. The molecule has 3 rings (SSSR count). The van der Waals surface area contributed by atoms with E-state index in [1.807, 2.05) is 0 Å². The van der Waals surface area contributed by atoms with Gasteiger partial charge in [-0.25, -0.2) is 4.39 Å². The summed E-state index contributed by atoms with van der Waals surface area (Å²) in [5.41, 5.74) is 0.692. The summed E-state index contributed by atoms with van der Waals surface area (Å²) < 4.78 is 18.7. The Kier molecular flexibility index (Phi) is 4.22. The summed E-state index contributed by atoms with van der Waals surface area (Å²) >= 11 is 0. The third kappa shape index (κ3) is 3.24. The van der Waals surface area contributed by atoms with Gasteiger partial charge in [0.1, 0.15) is 5.82 Å². The lowest BCUT2D eigenvalue weighted by molar-refractivity contribution is -0.122. The molecule has 0 aromatic heterocycles. The maximum absolute atomic E-state index is 13.1. The Morgan fingerprint density at radius 1 is 1.43 bits per heavy atom. The molecule has 1 amide bonds. The van der Waals surface area contributed by atoms with Crippen LogP contribution in [0.15, 0.2) is 24.3 Å². The number of rotatable bonds is 4. The fourth-order valence-corrected chi connectivity index (χ4v) is 3.19. The highest BCUT2D eigenvalue weighted by molar-refractivity contribution is 5.90. The number of hydrogen-bond donors (Lipinski definition) is 1. The number of carbonyl (C=O) groups is 1. The number of carbonyl (C=O) groups excluding carboxylic acids is 1. The zero-order valence-corrected chi connectivity index (χ0v) is 12.1. The van der Waals surface area contributed by atoms with Gasteiger partial charge in [0, 0.05) is 30.7 Å². The van der Waals surface area contributed by atoms with Gasteiger partial charge in [0.2, 0.25) is 5.91 Å². The van der Waals surface area contributed by atoms with Crippen LogP contribution < -0.4 is 5.32 Å². The topological polar surface area (TPSA) is 41.6 Å². The SMILES string of the molecule is O=C(CCN1CCOCC12CCC2)Nc1cccc(F)c1. The van der Waals surface area contributed by atoms with Crippen LogP contribution in [0.1, 0.15) is 25.7 Å². The van der Waals surface area contributed by atoms with E-state index >= 15 is 0 Å². The van der Waals surface area contributed by atoms with Crippen molar-refractivity contribution in [2.24, 2.45) is 0 Å². The molecule has 1 spiro atoms. The van der Waals surface area contributed by atoms with Crippen molar-refractivity contribution in [2.45, 2.75) is 31.2 Å². The van der Waals surface area contributed by atoms with Crippen LogP contribution in [-0.2, 0) is 9.53 Å². The van der Waals surface area contributed by atoms with Crippen molar-refractivity contribution in [3.8, 4) is 0 Å². The van der Waals surface area contributed by atoms with Crippen molar-refractivity contribution in [3.63, 3.8) is 0 Å². The number of hydrogen-bond acceptors (Lipinski definition) is 3. The van der Waals surface area contributed by atoms with Crippen LogP contribution >= 0.6 is 0 Å². The minimum atomic E-state index is -0.339. The smallest absolute Gasteiger partial charge is 0.225 e. The maximum atomic E-state index is 13.1. The molecular formula is C16H21FN2O2. The van der Waals surface area contributed by atoms with E-state index in [1.54, 1.807) is 12.1 Å². The van der Waals surface area contributed by atoms with Crippen molar-refractivity contribution in [1.29, 1.82) is 0 Å². The number of amides is 1. The van der Waals surface area contributed by atoms with Gasteiger partial charge in [0.15, 0.2) is 0 Å². The van der Waals surface area contributed by atoms with E-state index in [1.165, 1.54) is 31.4 Å². The predicted octanol–water partition coefficient (Wildman–Crippen LogP) is 2.41. The number of halogens is 1. The van der Waals surface area contributed by atoms with Gasteiger partial charge in [-0.05, 0) is 37.5 Å². The van der Waals surface area contributed by atoms with Gasteiger partial charge in [-0.15, -0.1) is 0 Å². The first kappa shape index (κ1) is 14.5. The number of morpholine rings is 1. The van der Waals surface area contributed by atoms with Crippen LogP contribution in [0.5, 0.6) is 0 Å². The molecule has 1 aliphatic heterocycles. The van der Waals surface area contributed by atoms with Crippen LogP contribution in [0.25, 0.3) is 0 Å². The number of nitrogens with zero attached hydrogens (tertiary/aromatic N) is 1. The second-order valence-corrected chi connectivity index (χ2v) is 5.93. The average molecular weight is 292 g/mol. The van der Waals surface area contributed by atoms with E-state index in [2.05, 4.69) is 10.2 Å². The van der Waals surface area contributed by atoms with Crippen molar-refractivity contribution in [3.05, 3.63) is 30.1 Å². The molecule has 1 saturated carbocycles. The van der Waals surface area contributed by atoms with Crippen LogP contribution in [-0.4, -0.2) is 42.6 Å². The Morgan fingerprint density at radius 2 is 2.29 bits per heavy atom. The Labute approximate surface area is 124 Å². The molecule has 1 heterocycles. The van der Waals surface area contributed by atoms with Gasteiger partial charge in [-0.1, -0.05) is 6.07 Å². The van der Waals surface area contributed by atoms with Crippen molar-refractivity contribution >= 4 is 11.6 Å². The molecule has 1 aromatic rings. The van der Waals surface area contributed by atoms with Gasteiger partial charge in [-0.3, -0.25) is 9.69 Å². The summed E-state index contributed by atoms with van der Waals surface area (Å²) in [5.74, 6) is -0.407. The highest BCUT2D eigenvalue weighted by Crippen LogP contribution is 2.39. The van der Waals surface area contributed by atoms with E-state index in [-0.39, 0.29) is 17.3 Å². The Bertz CT molecular complexity index is 517. The molecule has 114 valence electrons. The number of ether oxygens (including phenoxy) is 1. The first-order valence-corrected chi connectivity index (χ1v) is 7.56. The van der Waals surface area contributed by atoms with Crippen molar-refractivity contribution in [1.82, 2.24) is 4.90 Å². The standard InChI is InChI=1S/C16H21FN2O2/c17-13-3-1-4-14(11-13)18-15(20)5-8-19-9-10-21-12-16(19)6-2-7-16/h1,3-4,11H,2,5-10,12H2,(H,18,20). The lowest BCUT2D eigenvalue weighted by Crippen LogP contribution is -2.61. The fraction of sp³-hybridized carbons (Fsp3) is 0.562. The zero-order valence-electron chi connectivity index (χ0n) is 12.1. The number of anilines is 1. The van der Waals surface area contributed by atoms with Crippen LogP contribution in [0.3, 0.4) is 0 Å². The van der Waals surface area contributed by atoms with E-state index in [0.717, 1.165) is 26.3 Å². The highest BCUT2D eigenvalue weighted by atomic mass is 19.1. The quantitative estimate of drug-likeness (QED) is 0.926. The van der Waals surface area contributed by atoms with Gasteiger partial charge in [-0.2, -0.15) is 0 Å². The molecule has 0 unspecified atom stereocenters. The summed E-state index contributed by atoms with van der Waals surface area (Å²) in [6.45, 7) is 3.17. The fourth-order valence-electron chi connectivity index (χ4n) is 3.19. The molecule has 5 heteroatoms. The summed E-state index contributed by atoms with van der Waals surface area (Å²) in [6, 6.07) is 5.99. The minimum absolute atomic E-state index is 0.0680. The monoisotopic (exact) mass is 292 g/mol. The van der Waals surface area contributed by atoms with E-state index < -0.39 is 0 Å². The van der Waals surface area contributed by atoms with Gasteiger partial charge in [0.05, 0.1) is 13.2 Å². The highest BCUT2D eigenvalue weighted by Gasteiger charge is 2.44. The zero-order chi connectivity index (χ0) is 14.7. The van der Waals surface area contributed by atoms with E-state index in [9.17, 15) is 9.18 Å². The van der Waals surface area contributed by atoms with Crippen molar-refractivity contribution < 1.29 is 13.9 Å². The number of nitrogens with one attached hydrogen (secondary N) is 1. The molecule has 21 heavy (non-hydrogen) atoms. The molecule has 0 atom stereocenters. The minimum Gasteiger partial charge on any atom is -0.378 e. The molecule has 2 fully saturated rings. The second kappa shape index (κ2) is 6.12. The summed E-state index contributed by atoms with van der Waals surface area (Å²) in [7, 11) is 0.